The van der Waals surface area contributed by atoms with Crippen LogP contribution in [0, 0.1) is 5.92 Å². The molecule has 1 rings (SSSR count). The van der Waals surface area contributed by atoms with E-state index in [-0.39, 0.29) is 11.6 Å². The lowest BCUT2D eigenvalue weighted by molar-refractivity contribution is -0.144. The van der Waals surface area contributed by atoms with Gasteiger partial charge in [-0.2, -0.15) is 0 Å². The van der Waals surface area contributed by atoms with Crippen molar-refractivity contribution in [3.63, 3.8) is 0 Å². The normalized spacial score (nSPS) is 27.8. The molecule has 118 valence electrons. The van der Waals surface area contributed by atoms with E-state index in [9.17, 15) is 4.79 Å². The third-order valence-electron chi connectivity index (χ3n) is 4.04. The summed E-state index contributed by atoms with van der Waals surface area (Å²) in [5.41, 5.74) is -0.0305. The van der Waals surface area contributed by atoms with Crippen LogP contribution in [0.2, 0.25) is 0 Å². The highest BCUT2D eigenvalue weighted by molar-refractivity contribution is 5.69. The Morgan fingerprint density at radius 3 is 2.40 bits per heavy atom. The van der Waals surface area contributed by atoms with E-state index in [4.69, 9.17) is 9.47 Å². The fraction of sp³-hybridized carbons (Fsp3) is 0.941. The second kappa shape index (κ2) is 9.38. The van der Waals surface area contributed by atoms with Crippen LogP contribution in [0.15, 0.2) is 0 Å². The van der Waals surface area contributed by atoms with Crippen LogP contribution in [0.4, 0.5) is 0 Å². The molecule has 0 aromatic carbocycles. The Morgan fingerprint density at radius 2 is 1.65 bits per heavy atom. The van der Waals surface area contributed by atoms with Gasteiger partial charge in [0.15, 0.2) is 0 Å². The highest BCUT2D eigenvalue weighted by Gasteiger charge is 2.19. The first-order chi connectivity index (χ1) is 9.49. The summed E-state index contributed by atoms with van der Waals surface area (Å²) in [5.74, 6) is 0.381. The molecule has 1 saturated heterocycles. The van der Waals surface area contributed by atoms with Crippen LogP contribution in [-0.2, 0) is 14.3 Å². The first kappa shape index (κ1) is 17.5. The van der Waals surface area contributed by atoms with Crippen molar-refractivity contribution in [2.45, 2.75) is 84.2 Å². The molecule has 20 heavy (non-hydrogen) atoms. The SMILES string of the molecule is CC1CCCC(C)(C)OCCCCCCCOC(=O)C1. The molecule has 1 aliphatic rings. The van der Waals surface area contributed by atoms with Crippen LogP contribution in [-0.4, -0.2) is 24.8 Å². The molecule has 1 aliphatic heterocycles. The summed E-state index contributed by atoms with van der Waals surface area (Å²) in [6.45, 7) is 7.95. The van der Waals surface area contributed by atoms with Crippen LogP contribution in [0.3, 0.4) is 0 Å². The average Bonchev–Trinajstić information content (AvgIpc) is 2.35. The van der Waals surface area contributed by atoms with Gasteiger partial charge < -0.3 is 9.47 Å². The quantitative estimate of drug-likeness (QED) is 0.615. The zero-order valence-corrected chi connectivity index (χ0v) is 13.6. The molecule has 0 bridgehead atoms. The van der Waals surface area contributed by atoms with Gasteiger partial charge in [-0.25, -0.2) is 0 Å². The van der Waals surface area contributed by atoms with E-state index in [0.29, 0.717) is 18.9 Å². The molecule has 1 unspecified atom stereocenters. The van der Waals surface area contributed by atoms with Crippen LogP contribution < -0.4 is 0 Å². The fourth-order valence-electron chi connectivity index (χ4n) is 2.66. The van der Waals surface area contributed by atoms with Crippen LogP contribution >= 0.6 is 0 Å². The van der Waals surface area contributed by atoms with E-state index >= 15 is 0 Å². The third-order valence-corrected chi connectivity index (χ3v) is 4.04. The van der Waals surface area contributed by atoms with E-state index < -0.39 is 0 Å². The van der Waals surface area contributed by atoms with Crippen molar-refractivity contribution in [1.82, 2.24) is 0 Å². The summed E-state index contributed by atoms with van der Waals surface area (Å²) in [5, 5.41) is 0. The summed E-state index contributed by atoms with van der Waals surface area (Å²) >= 11 is 0. The maximum atomic E-state index is 11.7. The van der Waals surface area contributed by atoms with Gasteiger partial charge in [-0.05, 0) is 39.0 Å². The molecule has 3 nitrogen and oxygen atoms in total. The van der Waals surface area contributed by atoms with Crippen molar-refractivity contribution >= 4 is 5.97 Å². The van der Waals surface area contributed by atoms with Crippen molar-refractivity contribution < 1.29 is 14.3 Å². The predicted octanol–water partition coefficient (Wildman–Crippen LogP) is 4.49. The van der Waals surface area contributed by atoms with Crippen molar-refractivity contribution in [3.05, 3.63) is 0 Å². The van der Waals surface area contributed by atoms with Gasteiger partial charge in [0.1, 0.15) is 0 Å². The van der Waals surface area contributed by atoms with Gasteiger partial charge in [0, 0.05) is 13.0 Å². The molecule has 1 atom stereocenters. The summed E-state index contributed by atoms with van der Waals surface area (Å²) in [4.78, 5) is 11.7. The monoisotopic (exact) mass is 284 g/mol. The summed E-state index contributed by atoms with van der Waals surface area (Å²) in [6, 6.07) is 0. The molecule has 1 fully saturated rings. The highest BCUT2D eigenvalue weighted by atomic mass is 16.5. The van der Waals surface area contributed by atoms with E-state index in [1.165, 1.54) is 12.8 Å². The number of carbonyl (C=O) groups is 1. The Balaban J connectivity index is 2.39. The van der Waals surface area contributed by atoms with Crippen molar-refractivity contribution in [2.24, 2.45) is 5.92 Å². The van der Waals surface area contributed by atoms with Crippen molar-refractivity contribution in [3.8, 4) is 0 Å². The van der Waals surface area contributed by atoms with Gasteiger partial charge in [-0.1, -0.05) is 39.0 Å². The zero-order chi connectivity index (χ0) is 14.8. The van der Waals surface area contributed by atoms with E-state index in [2.05, 4.69) is 20.8 Å². The molecular formula is C17H32O3. The number of hydrogen-bond acceptors (Lipinski definition) is 3. The Morgan fingerprint density at radius 1 is 1.00 bits per heavy atom. The maximum Gasteiger partial charge on any atom is 0.306 e. The Kier molecular flexibility index (Phi) is 8.20. The number of esters is 1. The van der Waals surface area contributed by atoms with Gasteiger partial charge in [0.05, 0.1) is 12.2 Å². The molecule has 0 aliphatic carbocycles. The summed E-state index contributed by atoms with van der Waals surface area (Å²) < 4.78 is 11.3. The minimum atomic E-state index is -0.0305. The number of ether oxygens (including phenoxy) is 2. The molecule has 0 spiro atoms. The number of hydrogen-bond donors (Lipinski definition) is 0. The van der Waals surface area contributed by atoms with Gasteiger partial charge >= 0.3 is 5.97 Å². The van der Waals surface area contributed by atoms with Crippen LogP contribution in [0.1, 0.15) is 78.6 Å². The van der Waals surface area contributed by atoms with Crippen LogP contribution in [0.5, 0.6) is 0 Å². The molecule has 3 heteroatoms. The first-order valence-corrected chi connectivity index (χ1v) is 8.29. The molecular weight excluding hydrogens is 252 g/mol. The zero-order valence-electron chi connectivity index (χ0n) is 13.6. The van der Waals surface area contributed by atoms with Gasteiger partial charge in [-0.15, -0.1) is 0 Å². The van der Waals surface area contributed by atoms with E-state index in [1.54, 1.807) is 0 Å². The Hall–Kier alpha value is -0.570. The lowest BCUT2D eigenvalue weighted by Gasteiger charge is -2.26. The maximum absolute atomic E-state index is 11.7. The Bertz CT molecular complexity index is 273. The lowest BCUT2D eigenvalue weighted by atomic mass is 9.95. The van der Waals surface area contributed by atoms with E-state index in [0.717, 1.165) is 45.1 Å². The third kappa shape index (κ3) is 8.57. The molecule has 0 radical (unpaired) electrons. The first-order valence-electron chi connectivity index (χ1n) is 8.29. The minimum absolute atomic E-state index is 0.0277. The van der Waals surface area contributed by atoms with Gasteiger partial charge in [-0.3, -0.25) is 4.79 Å². The second-order valence-electron chi connectivity index (χ2n) is 6.80. The molecule has 0 aromatic heterocycles. The predicted molar refractivity (Wildman–Crippen MR) is 81.7 cm³/mol. The molecule has 0 aromatic rings. The fourth-order valence-corrected chi connectivity index (χ4v) is 2.66. The molecule has 1 heterocycles. The molecule has 0 saturated carbocycles. The van der Waals surface area contributed by atoms with Crippen LogP contribution in [0.25, 0.3) is 0 Å². The standard InChI is InChI=1S/C17H32O3/c1-15-10-9-11-17(2,3)20-13-8-6-4-5-7-12-19-16(18)14-15/h15H,4-14H2,1-3H3. The minimum Gasteiger partial charge on any atom is -0.466 e. The lowest BCUT2D eigenvalue weighted by Crippen LogP contribution is -2.25. The number of carbonyl (C=O) groups excluding carboxylic acids is 1. The van der Waals surface area contributed by atoms with Gasteiger partial charge in [0.2, 0.25) is 0 Å². The Labute approximate surface area is 124 Å². The topological polar surface area (TPSA) is 35.5 Å². The average molecular weight is 284 g/mol. The summed E-state index contributed by atoms with van der Waals surface area (Å²) in [7, 11) is 0. The summed E-state index contributed by atoms with van der Waals surface area (Å²) in [6.07, 6.45) is 9.49. The van der Waals surface area contributed by atoms with Crippen molar-refractivity contribution in [2.75, 3.05) is 13.2 Å². The van der Waals surface area contributed by atoms with Gasteiger partial charge in [0.25, 0.3) is 0 Å². The smallest absolute Gasteiger partial charge is 0.306 e. The second-order valence-corrected chi connectivity index (χ2v) is 6.80. The largest absolute Gasteiger partial charge is 0.466 e. The number of cyclic esters (lactones) is 1. The molecule has 0 amide bonds. The number of rotatable bonds is 0. The van der Waals surface area contributed by atoms with E-state index in [1.807, 2.05) is 0 Å². The molecule has 0 N–H and O–H groups in total. The highest BCUT2D eigenvalue weighted by Crippen LogP contribution is 2.22. The van der Waals surface area contributed by atoms with Crippen molar-refractivity contribution in [1.29, 1.82) is 0 Å².